The number of hydrogen-bond acceptors (Lipinski definition) is 8. The second kappa shape index (κ2) is 7.69. The first kappa shape index (κ1) is 17.9. The van der Waals surface area contributed by atoms with Gasteiger partial charge >= 0.3 is 0 Å². The highest BCUT2D eigenvalue weighted by Crippen LogP contribution is 2.36. The molecule has 0 radical (unpaired) electrons. The standard InChI is InChI=1S/C20H18N4O4S/c25-19(14-2-4-18(21-10-14)24-5-7-26-8-6-24)23-20-22-15(11-29-20)13-1-3-16-17(9-13)28-12-27-16/h1-4,9-11H,5-8,12H2,(H,22,23,25). The van der Waals surface area contributed by atoms with Gasteiger partial charge in [0.2, 0.25) is 6.79 Å². The molecule has 0 spiro atoms. The number of thiazole rings is 1. The van der Waals surface area contributed by atoms with Crippen LogP contribution < -0.4 is 19.7 Å². The predicted octanol–water partition coefficient (Wildman–Crippen LogP) is 3.02. The summed E-state index contributed by atoms with van der Waals surface area (Å²) in [5.74, 6) is 2.04. The van der Waals surface area contributed by atoms with E-state index in [0.717, 1.165) is 35.9 Å². The number of ether oxygens (including phenoxy) is 3. The number of amides is 1. The molecule has 8 nitrogen and oxygen atoms in total. The van der Waals surface area contributed by atoms with Crippen molar-refractivity contribution in [2.24, 2.45) is 0 Å². The summed E-state index contributed by atoms with van der Waals surface area (Å²) >= 11 is 1.37. The number of fused-ring (bicyclic) bond motifs is 1. The zero-order chi connectivity index (χ0) is 19.6. The van der Waals surface area contributed by atoms with Gasteiger partial charge in [0, 0.05) is 30.2 Å². The highest BCUT2D eigenvalue weighted by molar-refractivity contribution is 7.14. The first-order chi connectivity index (χ1) is 14.3. The SMILES string of the molecule is O=C(Nc1nc(-c2ccc3c(c2)OCO3)cs1)c1ccc(N2CCOCC2)nc1. The van der Waals surface area contributed by atoms with Crippen LogP contribution in [0.5, 0.6) is 11.5 Å². The quantitative estimate of drug-likeness (QED) is 0.708. The van der Waals surface area contributed by atoms with E-state index in [9.17, 15) is 4.79 Å². The summed E-state index contributed by atoms with van der Waals surface area (Å²) in [6.45, 7) is 3.23. The molecule has 1 amide bonds. The molecule has 29 heavy (non-hydrogen) atoms. The minimum absolute atomic E-state index is 0.232. The van der Waals surface area contributed by atoms with E-state index in [1.165, 1.54) is 11.3 Å². The summed E-state index contributed by atoms with van der Waals surface area (Å²) in [7, 11) is 0. The number of aromatic nitrogens is 2. The Balaban J connectivity index is 1.26. The van der Waals surface area contributed by atoms with Gasteiger partial charge in [0.1, 0.15) is 5.82 Å². The molecule has 148 valence electrons. The molecule has 1 saturated heterocycles. The smallest absolute Gasteiger partial charge is 0.259 e. The maximum absolute atomic E-state index is 12.5. The van der Waals surface area contributed by atoms with Gasteiger partial charge in [-0.15, -0.1) is 11.3 Å². The molecule has 0 bridgehead atoms. The first-order valence-corrected chi connectivity index (χ1v) is 10.1. The molecule has 2 aliphatic rings. The number of carbonyl (C=O) groups is 1. The van der Waals surface area contributed by atoms with Crippen molar-refractivity contribution >= 4 is 28.2 Å². The minimum atomic E-state index is -0.238. The lowest BCUT2D eigenvalue weighted by Crippen LogP contribution is -2.36. The van der Waals surface area contributed by atoms with Crippen LogP contribution in [0.2, 0.25) is 0 Å². The number of rotatable bonds is 4. The van der Waals surface area contributed by atoms with Crippen LogP contribution in [-0.4, -0.2) is 49.0 Å². The Kier molecular flexibility index (Phi) is 4.74. The summed E-state index contributed by atoms with van der Waals surface area (Å²) in [4.78, 5) is 23.6. The van der Waals surface area contributed by atoms with Crippen LogP contribution in [0.1, 0.15) is 10.4 Å². The average molecular weight is 410 g/mol. The molecule has 2 aliphatic heterocycles. The number of carbonyl (C=O) groups excluding carboxylic acids is 1. The minimum Gasteiger partial charge on any atom is -0.454 e. The summed E-state index contributed by atoms with van der Waals surface area (Å²) in [5.41, 5.74) is 2.16. The van der Waals surface area contributed by atoms with E-state index in [4.69, 9.17) is 14.2 Å². The third-order valence-electron chi connectivity index (χ3n) is 4.74. The Morgan fingerprint density at radius 1 is 1.10 bits per heavy atom. The maximum atomic E-state index is 12.5. The van der Waals surface area contributed by atoms with Gasteiger partial charge in [-0.2, -0.15) is 0 Å². The van der Waals surface area contributed by atoms with Crippen molar-refractivity contribution in [2.75, 3.05) is 43.3 Å². The zero-order valence-electron chi connectivity index (χ0n) is 15.5. The van der Waals surface area contributed by atoms with Crippen LogP contribution in [0.15, 0.2) is 41.9 Å². The van der Waals surface area contributed by atoms with E-state index in [0.29, 0.717) is 29.7 Å². The van der Waals surface area contributed by atoms with Crippen LogP contribution in [0.4, 0.5) is 10.9 Å². The van der Waals surface area contributed by atoms with Crippen molar-refractivity contribution in [3.05, 3.63) is 47.5 Å². The number of nitrogens with one attached hydrogen (secondary N) is 1. The lowest BCUT2D eigenvalue weighted by Gasteiger charge is -2.27. The van der Waals surface area contributed by atoms with Gasteiger partial charge in [0.05, 0.1) is 24.5 Å². The average Bonchev–Trinajstić information content (AvgIpc) is 3.43. The van der Waals surface area contributed by atoms with Crippen molar-refractivity contribution in [1.29, 1.82) is 0 Å². The lowest BCUT2D eigenvalue weighted by atomic mass is 10.1. The topological polar surface area (TPSA) is 85.8 Å². The van der Waals surface area contributed by atoms with Gasteiger partial charge in [-0.1, -0.05) is 0 Å². The van der Waals surface area contributed by atoms with Crippen LogP contribution in [-0.2, 0) is 4.74 Å². The Morgan fingerprint density at radius 3 is 2.79 bits per heavy atom. The summed E-state index contributed by atoms with van der Waals surface area (Å²) in [5, 5.41) is 5.26. The van der Waals surface area contributed by atoms with Crippen molar-refractivity contribution < 1.29 is 19.0 Å². The van der Waals surface area contributed by atoms with Crippen LogP contribution in [0, 0.1) is 0 Å². The van der Waals surface area contributed by atoms with Gasteiger partial charge in [0.15, 0.2) is 16.6 Å². The van der Waals surface area contributed by atoms with Crippen molar-refractivity contribution in [3.63, 3.8) is 0 Å². The molecule has 5 rings (SSSR count). The van der Waals surface area contributed by atoms with Gasteiger partial charge in [-0.3, -0.25) is 10.1 Å². The van der Waals surface area contributed by atoms with E-state index in [2.05, 4.69) is 20.2 Å². The normalized spacial score (nSPS) is 15.4. The maximum Gasteiger partial charge on any atom is 0.259 e. The Labute approximate surface area is 171 Å². The summed E-state index contributed by atoms with van der Waals surface area (Å²) < 4.78 is 16.1. The van der Waals surface area contributed by atoms with Gasteiger partial charge < -0.3 is 19.1 Å². The number of morpholine rings is 1. The molecule has 0 saturated carbocycles. The molecule has 0 unspecified atom stereocenters. The molecule has 1 N–H and O–H groups in total. The number of pyridine rings is 1. The second-order valence-electron chi connectivity index (χ2n) is 6.56. The van der Waals surface area contributed by atoms with Crippen molar-refractivity contribution in [1.82, 2.24) is 9.97 Å². The molecule has 1 fully saturated rings. The van der Waals surface area contributed by atoms with Crippen molar-refractivity contribution in [3.8, 4) is 22.8 Å². The van der Waals surface area contributed by atoms with E-state index in [-0.39, 0.29) is 12.7 Å². The Morgan fingerprint density at radius 2 is 1.97 bits per heavy atom. The third-order valence-corrected chi connectivity index (χ3v) is 5.50. The van der Waals surface area contributed by atoms with E-state index < -0.39 is 0 Å². The van der Waals surface area contributed by atoms with Gasteiger partial charge in [-0.05, 0) is 30.3 Å². The molecule has 4 heterocycles. The second-order valence-corrected chi connectivity index (χ2v) is 7.42. The third kappa shape index (κ3) is 3.74. The molecule has 0 atom stereocenters. The Hall–Kier alpha value is -3.17. The number of benzene rings is 1. The highest BCUT2D eigenvalue weighted by atomic mass is 32.1. The molecule has 0 aliphatic carbocycles. The fraction of sp³-hybridized carbons (Fsp3) is 0.250. The zero-order valence-corrected chi connectivity index (χ0v) is 16.3. The van der Waals surface area contributed by atoms with Crippen LogP contribution >= 0.6 is 11.3 Å². The van der Waals surface area contributed by atoms with E-state index >= 15 is 0 Å². The fourth-order valence-corrected chi connectivity index (χ4v) is 3.90. The first-order valence-electron chi connectivity index (χ1n) is 9.22. The van der Waals surface area contributed by atoms with Gasteiger partial charge in [0.25, 0.3) is 5.91 Å². The molecule has 2 aromatic heterocycles. The number of hydrogen-bond donors (Lipinski definition) is 1. The lowest BCUT2D eigenvalue weighted by molar-refractivity contribution is 0.102. The Bertz CT molecular complexity index is 1030. The monoisotopic (exact) mass is 410 g/mol. The molecule has 3 aromatic rings. The van der Waals surface area contributed by atoms with Crippen molar-refractivity contribution in [2.45, 2.75) is 0 Å². The summed E-state index contributed by atoms with van der Waals surface area (Å²) in [6.07, 6.45) is 1.59. The number of anilines is 2. The molecule has 9 heteroatoms. The largest absolute Gasteiger partial charge is 0.454 e. The van der Waals surface area contributed by atoms with E-state index in [1.807, 2.05) is 29.6 Å². The molecular weight excluding hydrogens is 392 g/mol. The highest BCUT2D eigenvalue weighted by Gasteiger charge is 2.17. The van der Waals surface area contributed by atoms with Crippen LogP contribution in [0.3, 0.4) is 0 Å². The molecular formula is C20H18N4O4S. The van der Waals surface area contributed by atoms with E-state index in [1.54, 1.807) is 12.3 Å². The molecule has 1 aromatic carbocycles. The predicted molar refractivity (Wildman–Crippen MR) is 109 cm³/mol. The number of nitrogens with zero attached hydrogens (tertiary/aromatic N) is 3. The fourth-order valence-electron chi connectivity index (χ4n) is 3.19. The van der Waals surface area contributed by atoms with Gasteiger partial charge in [-0.25, -0.2) is 9.97 Å². The summed E-state index contributed by atoms with van der Waals surface area (Å²) in [6, 6.07) is 9.30. The van der Waals surface area contributed by atoms with Crippen LogP contribution in [0.25, 0.3) is 11.3 Å².